The van der Waals surface area contributed by atoms with Gasteiger partial charge in [0.15, 0.2) is 5.82 Å². The van der Waals surface area contributed by atoms with Gasteiger partial charge in [0.1, 0.15) is 0 Å². The van der Waals surface area contributed by atoms with Crippen LogP contribution in [0, 0.1) is 20.8 Å². The number of hydrogen-bond donors (Lipinski definition) is 1. The van der Waals surface area contributed by atoms with Gasteiger partial charge in [0.2, 0.25) is 0 Å². The molecule has 0 aliphatic heterocycles. The van der Waals surface area contributed by atoms with E-state index in [1.165, 1.54) is 5.56 Å². The average molecular weight is 384 g/mol. The van der Waals surface area contributed by atoms with Gasteiger partial charge in [0.05, 0.1) is 10.6 Å². The van der Waals surface area contributed by atoms with Crippen LogP contribution >= 0.6 is 0 Å². The van der Waals surface area contributed by atoms with E-state index in [0.29, 0.717) is 5.82 Å². The van der Waals surface area contributed by atoms with Gasteiger partial charge in [-0.15, -0.1) is 5.10 Å². The van der Waals surface area contributed by atoms with E-state index in [-0.39, 0.29) is 10.8 Å². The third-order valence-corrected chi connectivity index (χ3v) is 5.87. The van der Waals surface area contributed by atoms with Crippen LogP contribution in [0.4, 0.5) is 5.82 Å². The average Bonchev–Trinajstić information content (AvgIpc) is 2.97. The summed E-state index contributed by atoms with van der Waals surface area (Å²) in [5.74, 6) is 0.492. The number of nitrogens with zero attached hydrogens (tertiary/aromatic N) is 2. The molecule has 0 amide bonds. The summed E-state index contributed by atoms with van der Waals surface area (Å²) >= 11 is 0. The highest BCUT2D eigenvalue weighted by atomic mass is 32.2. The van der Waals surface area contributed by atoms with Crippen molar-refractivity contribution in [3.8, 4) is 5.69 Å². The molecule has 1 N–H and O–H groups in total. The first-order valence-corrected chi connectivity index (χ1v) is 10.4. The number of sulfonamides is 1. The molecule has 0 aliphatic rings. The fourth-order valence-corrected chi connectivity index (χ4v) is 4.37. The normalized spacial score (nSPS) is 11.8. The van der Waals surface area contributed by atoms with Crippen LogP contribution in [0.5, 0.6) is 0 Å². The van der Waals surface area contributed by atoms with E-state index >= 15 is 0 Å². The minimum absolute atomic E-state index is 0.123. The summed E-state index contributed by atoms with van der Waals surface area (Å²) in [6.07, 6.45) is 1.91. The van der Waals surface area contributed by atoms with E-state index in [1.54, 1.807) is 35.0 Å². The van der Waals surface area contributed by atoms with Gasteiger partial charge >= 0.3 is 0 Å². The second-order valence-corrected chi connectivity index (χ2v) is 8.88. The quantitative estimate of drug-likeness (QED) is 0.693. The van der Waals surface area contributed by atoms with Crippen LogP contribution in [0.3, 0.4) is 0 Å². The topological polar surface area (TPSA) is 64.0 Å². The monoisotopic (exact) mass is 383 g/mol. The maximum atomic E-state index is 12.7. The molecular formula is C21H25N3O2S. The molecule has 0 unspecified atom stereocenters. The van der Waals surface area contributed by atoms with E-state index < -0.39 is 10.0 Å². The number of hydrogen-bond acceptors (Lipinski definition) is 3. The van der Waals surface area contributed by atoms with Crippen molar-refractivity contribution in [2.75, 3.05) is 4.72 Å². The van der Waals surface area contributed by atoms with Crippen LogP contribution in [-0.4, -0.2) is 18.2 Å². The Balaban J connectivity index is 2.08. The lowest BCUT2D eigenvalue weighted by atomic mass is 10.0. The molecule has 0 aliphatic carbocycles. The molecular weight excluding hydrogens is 358 g/mol. The van der Waals surface area contributed by atoms with Gasteiger partial charge in [0.25, 0.3) is 10.0 Å². The van der Waals surface area contributed by atoms with Gasteiger partial charge in [-0.3, -0.25) is 4.72 Å². The Morgan fingerprint density at radius 2 is 1.59 bits per heavy atom. The lowest BCUT2D eigenvalue weighted by molar-refractivity contribution is 0.601. The summed E-state index contributed by atoms with van der Waals surface area (Å²) in [7, 11) is -3.69. The molecule has 142 valence electrons. The first-order chi connectivity index (χ1) is 12.7. The first-order valence-electron chi connectivity index (χ1n) is 8.94. The second kappa shape index (κ2) is 7.19. The minimum Gasteiger partial charge on any atom is -0.262 e. The lowest BCUT2D eigenvalue weighted by Gasteiger charge is -2.11. The zero-order chi connectivity index (χ0) is 19.8. The molecule has 6 heteroatoms. The van der Waals surface area contributed by atoms with E-state index in [4.69, 9.17) is 0 Å². The van der Waals surface area contributed by atoms with Gasteiger partial charge in [0, 0.05) is 11.8 Å². The third kappa shape index (κ3) is 3.90. The Bertz CT molecular complexity index is 1050. The van der Waals surface area contributed by atoms with Crippen LogP contribution in [0.2, 0.25) is 0 Å². The maximum Gasteiger partial charge on any atom is 0.263 e. The fourth-order valence-electron chi connectivity index (χ4n) is 3.32. The molecule has 1 heterocycles. The molecule has 2 aromatic carbocycles. The van der Waals surface area contributed by atoms with E-state index in [9.17, 15) is 8.42 Å². The van der Waals surface area contributed by atoms with Gasteiger partial charge in [-0.2, -0.15) is 0 Å². The number of anilines is 1. The first kappa shape index (κ1) is 19.2. The highest BCUT2D eigenvalue weighted by Crippen LogP contribution is 2.29. The van der Waals surface area contributed by atoms with E-state index in [2.05, 4.69) is 28.9 Å². The summed E-state index contributed by atoms with van der Waals surface area (Å²) < 4.78 is 29.9. The number of benzene rings is 2. The smallest absolute Gasteiger partial charge is 0.262 e. The molecule has 3 aromatic rings. The van der Waals surface area contributed by atoms with Crippen LogP contribution in [0.25, 0.3) is 5.69 Å². The highest BCUT2D eigenvalue weighted by Gasteiger charge is 2.21. The maximum absolute atomic E-state index is 12.7. The van der Waals surface area contributed by atoms with Gasteiger partial charge in [-0.05, 0) is 49.9 Å². The SMILES string of the molecule is Cc1cc(C)c(-n2cc(C(C)C)c(NS(=O)(=O)c3ccccc3)n2)c(C)c1. The highest BCUT2D eigenvalue weighted by molar-refractivity contribution is 7.92. The van der Waals surface area contributed by atoms with Gasteiger partial charge in [-0.1, -0.05) is 49.7 Å². The molecule has 0 radical (unpaired) electrons. The summed E-state index contributed by atoms with van der Waals surface area (Å²) in [5.41, 5.74) is 5.22. The minimum atomic E-state index is -3.69. The molecule has 0 saturated heterocycles. The van der Waals surface area contributed by atoms with E-state index in [0.717, 1.165) is 22.4 Å². The van der Waals surface area contributed by atoms with Crippen molar-refractivity contribution >= 4 is 15.8 Å². The van der Waals surface area contributed by atoms with Crippen molar-refractivity contribution in [3.05, 3.63) is 70.9 Å². The molecule has 0 fully saturated rings. The van der Waals surface area contributed by atoms with Crippen LogP contribution in [0.15, 0.2) is 53.6 Å². The van der Waals surface area contributed by atoms with Crippen LogP contribution in [0.1, 0.15) is 42.0 Å². The van der Waals surface area contributed by atoms with Crippen molar-refractivity contribution in [2.45, 2.75) is 45.4 Å². The molecule has 0 spiro atoms. The number of aromatic nitrogens is 2. The molecule has 0 bridgehead atoms. The Morgan fingerprint density at radius 1 is 1.00 bits per heavy atom. The summed E-state index contributed by atoms with van der Waals surface area (Å²) in [6, 6.07) is 12.5. The van der Waals surface area contributed by atoms with Crippen LogP contribution < -0.4 is 4.72 Å². The zero-order valence-corrected chi connectivity index (χ0v) is 17.1. The summed E-state index contributed by atoms with van der Waals surface area (Å²) in [4.78, 5) is 0.219. The Morgan fingerprint density at radius 3 is 2.15 bits per heavy atom. The zero-order valence-electron chi connectivity index (χ0n) is 16.3. The fraction of sp³-hybridized carbons (Fsp3) is 0.286. The molecule has 0 saturated carbocycles. The number of rotatable bonds is 5. The third-order valence-electron chi connectivity index (χ3n) is 4.51. The van der Waals surface area contributed by atoms with Gasteiger partial charge in [-0.25, -0.2) is 13.1 Å². The second-order valence-electron chi connectivity index (χ2n) is 7.20. The predicted molar refractivity (Wildman–Crippen MR) is 109 cm³/mol. The Labute approximate surface area is 161 Å². The number of aryl methyl sites for hydroxylation is 3. The van der Waals surface area contributed by atoms with Gasteiger partial charge < -0.3 is 0 Å². The van der Waals surface area contributed by atoms with Crippen molar-refractivity contribution in [3.63, 3.8) is 0 Å². The molecule has 5 nitrogen and oxygen atoms in total. The van der Waals surface area contributed by atoms with Crippen molar-refractivity contribution in [1.29, 1.82) is 0 Å². The van der Waals surface area contributed by atoms with Crippen molar-refractivity contribution in [2.24, 2.45) is 0 Å². The van der Waals surface area contributed by atoms with Crippen LogP contribution in [-0.2, 0) is 10.0 Å². The van der Waals surface area contributed by atoms with E-state index in [1.807, 2.05) is 33.9 Å². The number of nitrogens with one attached hydrogen (secondary N) is 1. The Kier molecular flexibility index (Phi) is 5.11. The largest absolute Gasteiger partial charge is 0.263 e. The Hall–Kier alpha value is -2.60. The van der Waals surface area contributed by atoms with Crippen molar-refractivity contribution < 1.29 is 8.42 Å². The summed E-state index contributed by atoms with van der Waals surface area (Å²) in [6.45, 7) is 10.2. The summed E-state index contributed by atoms with van der Waals surface area (Å²) in [5, 5.41) is 4.59. The molecule has 0 atom stereocenters. The lowest BCUT2D eigenvalue weighted by Crippen LogP contribution is -2.14. The van der Waals surface area contributed by atoms with Crippen molar-refractivity contribution in [1.82, 2.24) is 9.78 Å². The molecule has 1 aromatic heterocycles. The molecule has 27 heavy (non-hydrogen) atoms. The predicted octanol–water partition coefficient (Wildman–Crippen LogP) is 4.72. The standard InChI is InChI=1S/C21H25N3O2S/c1-14(2)19-13-24(20-16(4)11-15(3)12-17(20)5)22-21(19)23-27(25,26)18-9-7-6-8-10-18/h6-14H,1-5H3,(H,22,23). The molecule has 3 rings (SSSR count).